The minimum absolute atomic E-state index is 0.0163. The Morgan fingerprint density at radius 1 is 0.739 bits per heavy atom. The maximum Gasteiger partial charge on any atom is 0.185 e. The fourth-order valence-corrected chi connectivity index (χ4v) is 2.56. The summed E-state index contributed by atoms with van der Waals surface area (Å²) in [6, 6.07) is 25.7. The van der Waals surface area contributed by atoms with Crippen LogP contribution in [0.1, 0.15) is 15.9 Å². The zero-order valence-corrected chi connectivity index (χ0v) is 14.0. The fourth-order valence-electron chi connectivity index (χ4n) is 2.30. The van der Waals surface area contributed by atoms with E-state index in [0.717, 1.165) is 15.6 Å². The molecule has 0 N–H and O–H groups in total. The highest BCUT2D eigenvalue weighted by Gasteiger charge is 2.00. The molecule has 3 aromatic carbocycles. The molecule has 0 atom stereocenters. The first-order valence-electron chi connectivity index (χ1n) is 7.36. The summed E-state index contributed by atoms with van der Waals surface area (Å²) in [5.41, 5.74) is 4.04. The Labute approximate surface area is 144 Å². The van der Waals surface area contributed by atoms with Crippen LogP contribution in [0.25, 0.3) is 17.2 Å². The van der Waals surface area contributed by atoms with Crippen LogP contribution in [0.15, 0.2) is 89.4 Å². The zero-order valence-electron chi connectivity index (χ0n) is 12.4. The highest BCUT2D eigenvalue weighted by molar-refractivity contribution is 9.10. The molecule has 2 heteroatoms. The molecule has 0 bridgehead atoms. The summed E-state index contributed by atoms with van der Waals surface area (Å²) < 4.78 is 1.07. The second-order valence-electron chi connectivity index (χ2n) is 5.19. The molecule has 0 aromatic heterocycles. The van der Waals surface area contributed by atoms with E-state index >= 15 is 0 Å². The van der Waals surface area contributed by atoms with Gasteiger partial charge in [-0.15, -0.1) is 0 Å². The zero-order chi connectivity index (χ0) is 16.1. The summed E-state index contributed by atoms with van der Waals surface area (Å²) in [7, 11) is 0. The van der Waals surface area contributed by atoms with E-state index < -0.39 is 0 Å². The van der Waals surface area contributed by atoms with Crippen LogP contribution < -0.4 is 0 Å². The molecule has 0 fully saturated rings. The van der Waals surface area contributed by atoms with Crippen molar-refractivity contribution in [1.82, 2.24) is 0 Å². The highest BCUT2D eigenvalue weighted by Crippen LogP contribution is 2.22. The number of allylic oxidation sites excluding steroid dienone is 1. The Balaban J connectivity index is 1.74. The summed E-state index contributed by atoms with van der Waals surface area (Å²) in [6.07, 6.45) is 3.46. The van der Waals surface area contributed by atoms with E-state index in [-0.39, 0.29) is 5.78 Å². The van der Waals surface area contributed by atoms with E-state index in [1.165, 1.54) is 5.56 Å². The number of carbonyl (C=O) groups excluding carboxylic acids is 1. The quantitative estimate of drug-likeness (QED) is 0.410. The van der Waals surface area contributed by atoms with E-state index in [1.54, 1.807) is 6.08 Å². The molecule has 0 aliphatic rings. The number of carbonyl (C=O) groups is 1. The molecule has 23 heavy (non-hydrogen) atoms. The number of rotatable bonds is 4. The van der Waals surface area contributed by atoms with Crippen LogP contribution in [0.4, 0.5) is 0 Å². The van der Waals surface area contributed by atoms with Gasteiger partial charge in [-0.3, -0.25) is 4.79 Å². The van der Waals surface area contributed by atoms with Crippen molar-refractivity contribution in [2.24, 2.45) is 0 Å². The summed E-state index contributed by atoms with van der Waals surface area (Å²) >= 11 is 3.44. The predicted molar refractivity (Wildman–Crippen MR) is 99.4 cm³/mol. The average Bonchev–Trinajstić information content (AvgIpc) is 2.61. The first-order chi connectivity index (χ1) is 11.2. The Morgan fingerprint density at radius 3 is 1.91 bits per heavy atom. The van der Waals surface area contributed by atoms with E-state index in [4.69, 9.17) is 0 Å². The van der Waals surface area contributed by atoms with Crippen LogP contribution in [0.3, 0.4) is 0 Å². The Morgan fingerprint density at radius 2 is 1.30 bits per heavy atom. The number of hydrogen-bond acceptors (Lipinski definition) is 1. The lowest BCUT2D eigenvalue weighted by Crippen LogP contribution is -1.92. The van der Waals surface area contributed by atoms with Gasteiger partial charge in [-0.2, -0.15) is 0 Å². The normalized spacial score (nSPS) is 10.8. The van der Waals surface area contributed by atoms with Gasteiger partial charge < -0.3 is 0 Å². The average molecular weight is 363 g/mol. The smallest absolute Gasteiger partial charge is 0.185 e. The lowest BCUT2D eigenvalue weighted by Gasteiger charge is -2.02. The van der Waals surface area contributed by atoms with Crippen molar-refractivity contribution < 1.29 is 4.79 Å². The van der Waals surface area contributed by atoms with Crippen LogP contribution in [0, 0.1) is 0 Å². The van der Waals surface area contributed by atoms with E-state index in [9.17, 15) is 4.79 Å². The van der Waals surface area contributed by atoms with Gasteiger partial charge in [0, 0.05) is 10.0 Å². The van der Waals surface area contributed by atoms with Crippen molar-refractivity contribution in [2.45, 2.75) is 0 Å². The Kier molecular flexibility index (Phi) is 4.84. The number of ketones is 1. The lowest BCUT2D eigenvalue weighted by atomic mass is 10.0. The van der Waals surface area contributed by atoms with Gasteiger partial charge in [0.2, 0.25) is 0 Å². The van der Waals surface area contributed by atoms with Gasteiger partial charge in [-0.05, 0) is 34.9 Å². The van der Waals surface area contributed by atoms with Gasteiger partial charge in [0.25, 0.3) is 0 Å². The number of benzene rings is 3. The molecular formula is C21H15BrO. The van der Waals surface area contributed by atoms with Crippen molar-refractivity contribution in [3.63, 3.8) is 0 Å². The predicted octanol–water partition coefficient (Wildman–Crippen LogP) is 6.01. The van der Waals surface area contributed by atoms with Crippen LogP contribution >= 0.6 is 15.9 Å². The second kappa shape index (κ2) is 7.21. The van der Waals surface area contributed by atoms with Gasteiger partial charge in [0.05, 0.1) is 0 Å². The maximum absolute atomic E-state index is 12.0. The summed E-state index contributed by atoms with van der Waals surface area (Å²) in [5, 5.41) is 0. The largest absolute Gasteiger partial charge is 0.289 e. The molecule has 0 spiro atoms. The molecule has 0 aliphatic heterocycles. The van der Waals surface area contributed by atoms with Crippen molar-refractivity contribution in [1.29, 1.82) is 0 Å². The molecule has 112 valence electrons. The summed E-state index contributed by atoms with van der Waals surface area (Å²) in [6.45, 7) is 0. The van der Waals surface area contributed by atoms with Crippen molar-refractivity contribution in [3.05, 3.63) is 101 Å². The first kappa shape index (κ1) is 15.4. The van der Waals surface area contributed by atoms with Gasteiger partial charge in [-0.25, -0.2) is 0 Å². The minimum atomic E-state index is 0.0163. The number of hydrogen-bond donors (Lipinski definition) is 0. The lowest BCUT2D eigenvalue weighted by molar-refractivity contribution is 0.104. The maximum atomic E-state index is 12.0. The Bertz CT molecular complexity index is 816. The van der Waals surface area contributed by atoms with Crippen LogP contribution in [-0.4, -0.2) is 5.78 Å². The first-order valence-corrected chi connectivity index (χ1v) is 8.15. The SMILES string of the molecule is O=C(/C=C/c1ccc(-c2ccc(Br)cc2)cc1)c1ccccc1. The molecule has 1 nitrogen and oxygen atoms in total. The molecule has 3 rings (SSSR count). The van der Waals surface area contributed by atoms with Gasteiger partial charge in [-0.1, -0.05) is 88.7 Å². The third-order valence-corrected chi connectivity index (χ3v) is 4.10. The third-order valence-electron chi connectivity index (χ3n) is 3.57. The van der Waals surface area contributed by atoms with Crippen LogP contribution in [0.5, 0.6) is 0 Å². The molecule has 0 saturated heterocycles. The van der Waals surface area contributed by atoms with Gasteiger partial charge >= 0.3 is 0 Å². The van der Waals surface area contributed by atoms with Gasteiger partial charge in [0.15, 0.2) is 5.78 Å². The Hall–Kier alpha value is -2.45. The number of halogens is 1. The second-order valence-corrected chi connectivity index (χ2v) is 6.11. The van der Waals surface area contributed by atoms with Crippen molar-refractivity contribution in [2.75, 3.05) is 0 Å². The highest BCUT2D eigenvalue weighted by atomic mass is 79.9. The van der Waals surface area contributed by atoms with Crippen LogP contribution in [-0.2, 0) is 0 Å². The van der Waals surface area contributed by atoms with E-state index in [1.807, 2.05) is 60.7 Å². The summed E-state index contributed by atoms with van der Waals surface area (Å²) in [5.74, 6) is 0.0163. The van der Waals surface area contributed by atoms with E-state index in [0.29, 0.717) is 5.56 Å². The van der Waals surface area contributed by atoms with Gasteiger partial charge in [0.1, 0.15) is 0 Å². The monoisotopic (exact) mass is 362 g/mol. The molecule has 3 aromatic rings. The molecular weight excluding hydrogens is 348 g/mol. The minimum Gasteiger partial charge on any atom is -0.289 e. The fraction of sp³-hybridized carbons (Fsp3) is 0. The molecule has 0 radical (unpaired) electrons. The third kappa shape index (κ3) is 4.05. The molecule has 0 saturated carbocycles. The molecule has 0 aliphatic carbocycles. The molecule has 0 amide bonds. The molecule has 0 unspecified atom stereocenters. The standard InChI is InChI=1S/C21H15BrO/c22-20-13-11-18(12-14-20)17-9-6-16(7-10-17)8-15-21(23)19-4-2-1-3-5-19/h1-15H/b15-8+. The summed E-state index contributed by atoms with van der Waals surface area (Å²) in [4.78, 5) is 12.0. The molecule has 0 heterocycles. The van der Waals surface area contributed by atoms with Crippen LogP contribution in [0.2, 0.25) is 0 Å². The van der Waals surface area contributed by atoms with Crippen molar-refractivity contribution in [3.8, 4) is 11.1 Å². The topological polar surface area (TPSA) is 17.1 Å². The van der Waals surface area contributed by atoms with Crippen molar-refractivity contribution >= 4 is 27.8 Å². The van der Waals surface area contributed by atoms with E-state index in [2.05, 4.69) is 40.2 Å².